The minimum absolute atomic E-state index is 0.176. The van der Waals surface area contributed by atoms with Crippen molar-refractivity contribution in [2.24, 2.45) is 0 Å². The fourth-order valence-corrected chi connectivity index (χ4v) is 4.18. The van der Waals surface area contributed by atoms with Crippen molar-refractivity contribution in [2.75, 3.05) is 19.4 Å². The second-order valence-corrected chi connectivity index (χ2v) is 9.12. The molecule has 0 saturated carbocycles. The van der Waals surface area contributed by atoms with Crippen LogP contribution in [0.1, 0.15) is 51.9 Å². The number of hydrogen-bond donors (Lipinski definition) is 1. The van der Waals surface area contributed by atoms with E-state index in [0.717, 1.165) is 36.8 Å². The minimum Gasteiger partial charge on any atom is -0.308 e. The number of halogens is 2. The topological polar surface area (TPSA) is 75.9 Å². The Hall–Kier alpha value is -1.35. The van der Waals surface area contributed by atoms with Crippen LogP contribution in [0, 0.1) is 0 Å². The number of carbonyl (C=O) groups is 1. The first-order valence-electron chi connectivity index (χ1n) is 9.66. The van der Waals surface area contributed by atoms with Gasteiger partial charge in [0.15, 0.2) is 16.8 Å². The number of nitrogens with zero attached hydrogens (tertiary/aromatic N) is 5. The molecule has 0 aromatic carbocycles. The number of hydrogen-bond acceptors (Lipinski definition) is 6. The van der Waals surface area contributed by atoms with Gasteiger partial charge in [0.2, 0.25) is 5.91 Å². The molecule has 160 valence electrons. The van der Waals surface area contributed by atoms with E-state index in [1.807, 2.05) is 21.0 Å². The molecule has 0 unspecified atom stereocenters. The Labute approximate surface area is 186 Å². The SMILES string of the molecule is CCCCn1c(S[C@@H](C)C(=O)Nc2ncc(Cl)cc2Cl)nnc1[C@@H](CC)N(C)C. The van der Waals surface area contributed by atoms with Crippen LogP contribution in [0.2, 0.25) is 10.0 Å². The van der Waals surface area contributed by atoms with Crippen LogP contribution in [0.3, 0.4) is 0 Å². The number of rotatable bonds is 10. The fraction of sp³-hybridized carbons (Fsp3) is 0.579. The maximum absolute atomic E-state index is 12.7. The molecule has 29 heavy (non-hydrogen) atoms. The Balaban J connectivity index is 2.18. The molecule has 0 bridgehead atoms. The number of nitrogens with one attached hydrogen (secondary N) is 1. The predicted molar refractivity (Wildman–Crippen MR) is 120 cm³/mol. The van der Waals surface area contributed by atoms with E-state index in [-0.39, 0.29) is 11.9 Å². The Morgan fingerprint density at radius 1 is 1.31 bits per heavy atom. The van der Waals surface area contributed by atoms with Crippen molar-refractivity contribution in [3.63, 3.8) is 0 Å². The molecule has 0 aliphatic rings. The minimum atomic E-state index is -0.402. The molecule has 0 saturated heterocycles. The summed E-state index contributed by atoms with van der Waals surface area (Å²) in [4.78, 5) is 18.9. The van der Waals surface area contributed by atoms with E-state index in [2.05, 4.69) is 43.8 Å². The maximum atomic E-state index is 12.7. The molecule has 0 radical (unpaired) electrons. The standard InChI is InChI=1S/C19H28Cl2N6OS/c1-6-8-9-27-17(15(7-2)26(4)5)24-25-19(27)29-12(3)18(28)23-16-14(21)10-13(20)11-22-16/h10-12,15H,6-9H2,1-5H3,(H,22,23,28)/t12-,15+/m0/s1. The van der Waals surface area contributed by atoms with Crippen molar-refractivity contribution in [3.8, 4) is 0 Å². The van der Waals surface area contributed by atoms with Gasteiger partial charge in [0.05, 0.1) is 21.3 Å². The van der Waals surface area contributed by atoms with E-state index in [1.165, 1.54) is 18.0 Å². The quantitative estimate of drug-likeness (QED) is 0.509. The second-order valence-electron chi connectivity index (χ2n) is 6.97. The Bertz CT molecular complexity index is 829. The molecular formula is C19H28Cl2N6OS. The first-order chi connectivity index (χ1) is 13.8. The van der Waals surface area contributed by atoms with Crippen molar-refractivity contribution in [3.05, 3.63) is 28.1 Å². The molecule has 0 spiro atoms. The van der Waals surface area contributed by atoms with Crippen LogP contribution in [0.15, 0.2) is 17.4 Å². The highest BCUT2D eigenvalue weighted by Gasteiger charge is 2.25. The number of anilines is 1. The van der Waals surface area contributed by atoms with Gasteiger partial charge in [-0.1, -0.05) is 55.2 Å². The number of pyridine rings is 1. The highest BCUT2D eigenvalue weighted by molar-refractivity contribution is 8.00. The largest absolute Gasteiger partial charge is 0.308 e. The summed E-state index contributed by atoms with van der Waals surface area (Å²) < 4.78 is 2.14. The maximum Gasteiger partial charge on any atom is 0.238 e. The summed E-state index contributed by atoms with van der Waals surface area (Å²) in [6.07, 6.45) is 4.46. The molecule has 0 aliphatic heterocycles. The van der Waals surface area contributed by atoms with Crippen LogP contribution >= 0.6 is 35.0 Å². The van der Waals surface area contributed by atoms with Crippen molar-refractivity contribution >= 4 is 46.7 Å². The third-order valence-corrected chi connectivity index (χ3v) is 6.06. The molecule has 0 aliphatic carbocycles. The van der Waals surface area contributed by atoms with Crippen LogP contribution < -0.4 is 5.32 Å². The van der Waals surface area contributed by atoms with E-state index in [1.54, 1.807) is 6.07 Å². The average Bonchev–Trinajstić information content (AvgIpc) is 3.04. The zero-order chi connectivity index (χ0) is 21.6. The second kappa shape index (κ2) is 11.2. The molecule has 7 nitrogen and oxygen atoms in total. The summed E-state index contributed by atoms with van der Waals surface area (Å²) >= 11 is 13.3. The normalized spacial score (nSPS) is 13.5. The van der Waals surface area contributed by atoms with Crippen LogP contribution in [-0.2, 0) is 11.3 Å². The Morgan fingerprint density at radius 2 is 2.03 bits per heavy atom. The molecular weight excluding hydrogens is 431 g/mol. The predicted octanol–water partition coefficient (Wildman–Crippen LogP) is 4.91. The molecule has 0 fully saturated rings. The first kappa shape index (κ1) is 23.9. The summed E-state index contributed by atoms with van der Waals surface area (Å²) in [6, 6.07) is 1.72. The van der Waals surface area contributed by atoms with Gasteiger partial charge >= 0.3 is 0 Å². The molecule has 1 N–H and O–H groups in total. The number of aromatic nitrogens is 4. The van der Waals surface area contributed by atoms with Crippen LogP contribution in [0.4, 0.5) is 5.82 Å². The van der Waals surface area contributed by atoms with Crippen LogP contribution in [-0.4, -0.2) is 49.9 Å². The Morgan fingerprint density at radius 3 is 2.62 bits per heavy atom. The van der Waals surface area contributed by atoms with Crippen molar-refractivity contribution in [1.82, 2.24) is 24.6 Å². The molecule has 2 aromatic rings. The van der Waals surface area contributed by atoms with E-state index < -0.39 is 5.25 Å². The highest BCUT2D eigenvalue weighted by atomic mass is 35.5. The van der Waals surface area contributed by atoms with Crippen molar-refractivity contribution < 1.29 is 4.79 Å². The molecule has 1 amide bonds. The summed E-state index contributed by atoms with van der Waals surface area (Å²) in [5, 5.41) is 12.6. The third-order valence-electron chi connectivity index (χ3n) is 4.49. The third kappa shape index (κ3) is 6.31. The van der Waals surface area contributed by atoms with Gasteiger partial charge in [0.1, 0.15) is 0 Å². The van der Waals surface area contributed by atoms with Gasteiger partial charge in [-0.15, -0.1) is 10.2 Å². The zero-order valence-electron chi connectivity index (χ0n) is 17.4. The van der Waals surface area contributed by atoms with Gasteiger partial charge in [0.25, 0.3) is 0 Å². The monoisotopic (exact) mass is 458 g/mol. The molecule has 2 aromatic heterocycles. The fourth-order valence-electron chi connectivity index (χ4n) is 2.88. The van der Waals surface area contributed by atoms with Gasteiger partial charge in [-0.2, -0.15) is 0 Å². The van der Waals surface area contributed by atoms with Crippen molar-refractivity contribution in [2.45, 2.75) is 63.0 Å². The lowest BCUT2D eigenvalue weighted by Gasteiger charge is -2.23. The van der Waals surface area contributed by atoms with Gasteiger partial charge < -0.3 is 9.88 Å². The lowest BCUT2D eigenvalue weighted by molar-refractivity contribution is -0.115. The summed E-state index contributed by atoms with van der Waals surface area (Å²) in [7, 11) is 4.08. The van der Waals surface area contributed by atoms with E-state index >= 15 is 0 Å². The number of unbranched alkanes of at least 4 members (excludes halogenated alkanes) is 1. The molecule has 10 heteroatoms. The molecule has 2 rings (SSSR count). The van der Waals surface area contributed by atoms with Gasteiger partial charge in [-0.3, -0.25) is 9.69 Å². The van der Waals surface area contributed by atoms with Crippen LogP contribution in [0.25, 0.3) is 0 Å². The van der Waals surface area contributed by atoms with Gasteiger partial charge in [-0.25, -0.2) is 4.98 Å². The summed E-state index contributed by atoms with van der Waals surface area (Å²) in [6.45, 7) is 6.93. The molecule has 2 atom stereocenters. The zero-order valence-corrected chi connectivity index (χ0v) is 19.8. The lowest BCUT2D eigenvalue weighted by atomic mass is 10.2. The number of carbonyl (C=O) groups excluding carboxylic acids is 1. The van der Waals surface area contributed by atoms with Crippen LogP contribution in [0.5, 0.6) is 0 Å². The number of amides is 1. The highest BCUT2D eigenvalue weighted by Crippen LogP contribution is 2.29. The van der Waals surface area contributed by atoms with E-state index in [4.69, 9.17) is 23.2 Å². The van der Waals surface area contributed by atoms with Crippen molar-refractivity contribution in [1.29, 1.82) is 0 Å². The van der Waals surface area contributed by atoms with E-state index in [0.29, 0.717) is 15.9 Å². The summed E-state index contributed by atoms with van der Waals surface area (Å²) in [5.41, 5.74) is 0. The summed E-state index contributed by atoms with van der Waals surface area (Å²) in [5.74, 6) is 1.02. The first-order valence-corrected chi connectivity index (χ1v) is 11.3. The molecule has 2 heterocycles. The lowest BCUT2D eigenvalue weighted by Crippen LogP contribution is -2.25. The van der Waals surface area contributed by atoms with Gasteiger partial charge in [-0.05, 0) is 39.9 Å². The van der Waals surface area contributed by atoms with Gasteiger partial charge in [0, 0.05) is 12.7 Å². The average molecular weight is 459 g/mol. The van der Waals surface area contributed by atoms with E-state index in [9.17, 15) is 4.79 Å². The number of thioether (sulfide) groups is 1. The smallest absolute Gasteiger partial charge is 0.238 e. The Kier molecular flexibility index (Phi) is 9.20.